The normalized spacial score (nSPS) is 34.1. The molecule has 0 N–H and O–H groups in total. The van der Waals surface area contributed by atoms with Crippen molar-refractivity contribution in [3.8, 4) is 0 Å². The van der Waals surface area contributed by atoms with Crippen LogP contribution in [-0.4, -0.2) is 22.4 Å². The van der Waals surface area contributed by atoms with E-state index in [2.05, 4.69) is 25.7 Å². The fourth-order valence-electron chi connectivity index (χ4n) is 2.88. The van der Waals surface area contributed by atoms with Gasteiger partial charge in [0.1, 0.15) is 0 Å². The molecule has 0 aromatic carbocycles. The summed E-state index contributed by atoms with van der Waals surface area (Å²) in [4.78, 5) is 14.1. The summed E-state index contributed by atoms with van der Waals surface area (Å²) in [5.74, 6) is 0.771. The molecule has 1 saturated carbocycles. The van der Waals surface area contributed by atoms with Crippen molar-refractivity contribution in [1.82, 2.24) is 4.90 Å². The van der Waals surface area contributed by atoms with Crippen LogP contribution in [0.25, 0.3) is 0 Å². The van der Waals surface area contributed by atoms with Crippen LogP contribution in [0.15, 0.2) is 0 Å². The Kier molecular flexibility index (Phi) is 1.90. The molecule has 2 fully saturated rings. The van der Waals surface area contributed by atoms with Gasteiger partial charge in [0.2, 0.25) is 5.91 Å². The summed E-state index contributed by atoms with van der Waals surface area (Å²) < 4.78 is 0. The molecule has 0 aromatic rings. The zero-order valence-corrected chi connectivity index (χ0v) is 8.84. The Morgan fingerprint density at radius 2 is 2.00 bits per heavy atom. The molecule has 1 aliphatic carbocycles. The molecule has 1 heterocycles. The van der Waals surface area contributed by atoms with Crippen molar-refractivity contribution in [2.45, 2.75) is 58.0 Å². The van der Waals surface area contributed by atoms with Gasteiger partial charge in [0, 0.05) is 17.5 Å². The molecule has 1 aliphatic heterocycles. The predicted molar refractivity (Wildman–Crippen MR) is 52.3 cm³/mol. The summed E-state index contributed by atoms with van der Waals surface area (Å²) in [5.41, 5.74) is 0.0286. The van der Waals surface area contributed by atoms with Crippen molar-refractivity contribution < 1.29 is 4.79 Å². The molecule has 2 nitrogen and oxygen atoms in total. The minimum absolute atomic E-state index is 0.0286. The molecule has 1 amide bonds. The van der Waals surface area contributed by atoms with E-state index < -0.39 is 0 Å². The number of rotatable bonds is 0. The fraction of sp³-hybridized carbons (Fsp3) is 0.909. The second-order valence-electron chi connectivity index (χ2n) is 5.40. The zero-order valence-electron chi connectivity index (χ0n) is 8.84. The highest BCUT2D eigenvalue weighted by Crippen LogP contribution is 2.40. The Labute approximate surface area is 80.3 Å². The molecule has 1 saturated heterocycles. The molecule has 2 unspecified atom stereocenters. The van der Waals surface area contributed by atoms with Crippen molar-refractivity contribution in [3.63, 3.8) is 0 Å². The third kappa shape index (κ3) is 1.36. The molecule has 13 heavy (non-hydrogen) atoms. The Hall–Kier alpha value is -0.530. The lowest BCUT2D eigenvalue weighted by Gasteiger charge is -2.36. The van der Waals surface area contributed by atoms with Gasteiger partial charge < -0.3 is 4.90 Å². The minimum atomic E-state index is 0.0286. The Morgan fingerprint density at radius 3 is 2.54 bits per heavy atom. The van der Waals surface area contributed by atoms with E-state index in [1.54, 1.807) is 0 Å². The lowest BCUT2D eigenvalue weighted by atomic mass is 9.90. The van der Waals surface area contributed by atoms with Gasteiger partial charge >= 0.3 is 0 Å². The van der Waals surface area contributed by atoms with E-state index in [0.29, 0.717) is 17.9 Å². The summed E-state index contributed by atoms with van der Waals surface area (Å²) in [6.07, 6.45) is 4.71. The van der Waals surface area contributed by atoms with Crippen LogP contribution in [0.5, 0.6) is 0 Å². The highest BCUT2D eigenvalue weighted by molar-refractivity contribution is 5.82. The summed E-state index contributed by atoms with van der Waals surface area (Å²) in [7, 11) is 0. The van der Waals surface area contributed by atoms with Gasteiger partial charge in [0.25, 0.3) is 0 Å². The van der Waals surface area contributed by atoms with Crippen LogP contribution >= 0.6 is 0 Å². The van der Waals surface area contributed by atoms with E-state index in [1.807, 2.05) is 0 Å². The van der Waals surface area contributed by atoms with Crippen molar-refractivity contribution in [2.24, 2.45) is 5.92 Å². The SMILES string of the molecule is CC(C)(C)N1C(=O)C2CCCC1C2. The van der Waals surface area contributed by atoms with Crippen LogP contribution in [0.4, 0.5) is 0 Å². The molecular formula is C11H19NO. The smallest absolute Gasteiger partial charge is 0.226 e. The number of nitrogens with zero attached hydrogens (tertiary/aromatic N) is 1. The third-order valence-electron chi connectivity index (χ3n) is 3.32. The minimum Gasteiger partial charge on any atom is -0.335 e. The van der Waals surface area contributed by atoms with Gasteiger partial charge in [-0.05, 0) is 40.0 Å². The number of fused-ring (bicyclic) bond motifs is 2. The Balaban J connectivity index is 2.24. The van der Waals surface area contributed by atoms with Crippen molar-refractivity contribution in [2.75, 3.05) is 0 Å². The quantitative estimate of drug-likeness (QED) is 0.561. The van der Waals surface area contributed by atoms with Gasteiger partial charge in [-0.25, -0.2) is 0 Å². The predicted octanol–water partition coefficient (Wildman–Crippen LogP) is 2.19. The van der Waals surface area contributed by atoms with Crippen molar-refractivity contribution >= 4 is 5.91 Å². The fourth-order valence-corrected chi connectivity index (χ4v) is 2.88. The first-order valence-corrected chi connectivity index (χ1v) is 5.33. The number of hydrogen-bond acceptors (Lipinski definition) is 1. The molecule has 0 spiro atoms. The highest BCUT2D eigenvalue weighted by Gasteiger charge is 2.45. The van der Waals surface area contributed by atoms with Gasteiger partial charge in [0.15, 0.2) is 0 Å². The second kappa shape index (κ2) is 2.73. The van der Waals surface area contributed by atoms with Gasteiger partial charge in [-0.15, -0.1) is 0 Å². The van der Waals surface area contributed by atoms with E-state index in [1.165, 1.54) is 12.8 Å². The molecule has 2 bridgehead atoms. The summed E-state index contributed by atoms with van der Waals surface area (Å²) in [6.45, 7) is 6.43. The summed E-state index contributed by atoms with van der Waals surface area (Å²) >= 11 is 0. The first-order chi connectivity index (χ1) is 6.00. The molecule has 2 atom stereocenters. The van der Waals surface area contributed by atoms with E-state index in [-0.39, 0.29) is 5.54 Å². The van der Waals surface area contributed by atoms with Crippen LogP contribution in [0, 0.1) is 5.92 Å². The Bertz CT molecular complexity index is 229. The standard InChI is InChI=1S/C11H19NO/c1-11(2,3)12-9-6-4-5-8(7-9)10(12)13/h8-9H,4-7H2,1-3H3. The lowest BCUT2D eigenvalue weighted by molar-refractivity contribution is -0.135. The maximum atomic E-state index is 12.0. The Morgan fingerprint density at radius 1 is 1.31 bits per heavy atom. The maximum absolute atomic E-state index is 12.0. The second-order valence-corrected chi connectivity index (χ2v) is 5.40. The zero-order chi connectivity index (χ0) is 9.64. The summed E-state index contributed by atoms with van der Waals surface area (Å²) in [6, 6.07) is 0.547. The number of hydrogen-bond donors (Lipinski definition) is 0. The molecule has 2 rings (SSSR count). The lowest BCUT2D eigenvalue weighted by Crippen LogP contribution is -2.46. The van der Waals surface area contributed by atoms with Gasteiger partial charge in [-0.3, -0.25) is 4.79 Å². The number of amides is 1. The molecule has 2 aliphatic rings. The molecular weight excluding hydrogens is 162 g/mol. The third-order valence-corrected chi connectivity index (χ3v) is 3.32. The van der Waals surface area contributed by atoms with Crippen LogP contribution in [0.2, 0.25) is 0 Å². The largest absolute Gasteiger partial charge is 0.335 e. The number of carbonyl (C=O) groups is 1. The molecule has 0 radical (unpaired) electrons. The van der Waals surface area contributed by atoms with Crippen LogP contribution in [0.1, 0.15) is 46.5 Å². The van der Waals surface area contributed by atoms with Crippen LogP contribution < -0.4 is 0 Å². The average molecular weight is 181 g/mol. The topological polar surface area (TPSA) is 20.3 Å². The van der Waals surface area contributed by atoms with Gasteiger partial charge in [-0.2, -0.15) is 0 Å². The number of carbonyl (C=O) groups excluding carboxylic acids is 1. The molecule has 2 heteroatoms. The van der Waals surface area contributed by atoms with Crippen LogP contribution in [-0.2, 0) is 4.79 Å². The van der Waals surface area contributed by atoms with E-state index in [4.69, 9.17) is 0 Å². The maximum Gasteiger partial charge on any atom is 0.226 e. The first kappa shape index (κ1) is 9.04. The van der Waals surface area contributed by atoms with Gasteiger partial charge in [-0.1, -0.05) is 6.42 Å². The molecule has 0 aromatic heterocycles. The highest BCUT2D eigenvalue weighted by atomic mass is 16.2. The van der Waals surface area contributed by atoms with E-state index in [0.717, 1.165) is 12.8 Å². The van der Waals surface area contributed by atoms with Crippen molar-refractivity contribution in [1.29, 1.82) is 0 Å². The average Bonchev–Trinajstić information content (AvgIpc) is 2.22. The summed E-state index contributed by atoms with van der Waals surface area (Å²) in [5, 5.41) is 0. The molecule has 74 valence electrons. The van der Waals surface area contributed by atoms with E-state index >= 15 is 0 Å². The number of likely N-dealkylation sites (tertiary alicyclic amines) is 1. The first-order valence-electron chi connectivity index (χ1n) is 5.33. The van der Waals surface area contributed by atoms with Crippen LogP contribution in [0.3, 0.4) is 0 Å². The van der Waals surface area contributed by atoms with Crippen molar-refractivity contribution in [3.05, 3.63) is 0 Å². The van der Waals surface area contributed by atoms with Gasteiger partial charge in [0.05, 0.1) is 0 Å². The van der Waals surface area contributed by atoms with E-state index in [9.17, 15) is 4.79 Å². The monoisotopic (exact) mass is 181 g/mol.